The standard InChI is InChI=1S/C15H24N4S/c1-3-18(12-6-4-5-7-12)14-13(10-11(2)16)19-8-9-20-15(19)17-14/h8-9,11-12H,3-7,10,16H2,1-2H3. The number of anilines is 1. The summed E-state index contributed by atoms with van der Waals surface area (Å²) < 4.78 is 2.22. The van der Waals surface area contributed by atoms with E-state index in [0.717, 1.165) is 17.9 Å². The van der Waals surface area contributed by atoms with Crippen LogP contribution in [0.5, 0.6) is 0 Å². The van der Waals surface area contributed by atoms with Crippen LogP contribution in [0.15, 0.2) is 11.6 Å². The molecule has 2 heterocycles. The first-order chi connectivity index (χ1) is 9.70. The highest BCUT2D eigenvalue weighted by molar-refractivity contribution is 7.15. The molecule has 0 spiro atoms. The third kappa shape index (κ3) is 2.44. The Kier molecular flexibility index (Phi) is 3.98. The minimum absolute atomic E-state index is 0.163. The number of nitrogens with zero attached hydrogens (tertiary/aromatic N) is 3. The van der Waals surface area contributed by atoms with Crippen LogP contribution in [0.4, 0.5) is 5.82 Å². The maximum absolute atomic E-state index is 6.05. The molecule has 1 aliphatic carbocycles. The van der Waals surface area contributed by atoms with Gasteiger partial charge in [-0.15, -0.1) is 11.3 Å². The smallest absolute Gasteiger partial charge is 0.195 e. The predicted octanol–water partition coefficient (Wildman–Crippen LogP) is 3.05. The van der Waals surface area contributed by atoms with Crippen molar-refractivity contribution in [2.75, 3.05) is 11.4 Å². The number of hydrogen-bond acceptors (Lipinski definition) is 4. The van der Waals surface area contributed by atoms with Crippen LogP contribution < -0.4 is 10.6 Å². The average molecular weight is 292 g/mol. The molecule has 1 aliphatic rings. The van der Waals surface area contributed by atoms with E-state index in [9.17, 15) is 0 Å². The third-order valence-corrected chi connectivity index (χ3v) is 4.99. The summed E-state index contributed by atoms with van der Waals surface area (Å²) in [6.07, 6.45) is 8.32. The van der Waals surface area contributed by atoms with Gasteiger partial charge in [0.05, 0.1) is 5.69 Å². The molecule has 0 amide bonds. The van der Waals surface area contributed by atoms with Gasteiger partial charge in [-0.05, 0) is 26.7 Å². The Labute approximate surface area is 124 Å². The van der Waals surface area contributed by atoms with Crippen LogP contribution >= 0.6 is 11.3 Å². The van der Waals surface area contributed by atoms with E-state index in [4.69, 9.17) is 10.7 Å². The Morgan fingerprint density at radius 2 is 2.25 bits per heavy atom. The number of nitrogens with two attached hydrogens (primary N) is 1. The van der Waals surface area contributed by atoms with Crippen LogP contribution in [0.1, 0.15) is 45.2 Å². The zero-order valence-electron chi connectivity index (χ0n) is 12.4. The van der Waals surface area contributed by atoms with Crippen molar-refractivity contribution < 1.29 is 0 Å². The Morgan fingerprint density at radius 3 is 2.90 bits per heavy atom. The number of hydrogen-bond donors (Lipinski definition) is 1. The second-order valence-electron chi connectivity index (χ2n) is 5.84. The molecule has 2 aromatic rings. The SMILES string of the molecule is CCN(c1nc2sccn2c1CC(C)N)C1CCCC1. The third-order valence-electron chi connectivity index (χ3n) is 4.23. The molecule has 0 aliphatic heterocycles. The Bertz CT molecular complexity index is 565. The Morgan fingerprint density at radius 1 is 1.50 bits per heavy atom. The van der Waals surface area contributed by atoms with Gasteiger partial charge in [0.1, 0.15) is 0 Å². The highest BCUT2D eigenvalue weighted by atomic mass is 32.1. The maximum atomic E-state index is 6.05. The van der Waals surface area contributed by atoms with Crippen molar-refractivity contribution in [2.45, 2.75) is 58.0 Å². The molecule has 2 N–H and O–H groups in total. The first-order valence-corrected chi connectivity index (χ1v) is 8.55. The molecule has 110 valence electrons. The fraction of sp³-hybridized carbons (Fsp3) is 0.667. The lowest BCUT2D eigenvalue weighted by Gasteiger charge is -2.29. The zero-order chi connectivity index (χ0) is 14.1. The molecule has 0 aromatic carbocycles. The highest BCUT2D eigenvalue weighted by Crippen LogP contribution is 2.32. The van der Waals surface area contributed by atoms with Crippen LogP contribution in [-0.2, 0) is 6.42 Å². The van der Waals surface area contributed by atoms with Gasteiger partial charge in [-0.1, -0.05) is 12.8 Å². The second kappa shape index (κ2) is 5.74. The van der Waals surface area contributed by atoms with Crippen molar-refractivity contribution >= 4 is 22.1 Å². The number of fused-ring (bicyclic) bond motifs is 1. The number of thiazole rings is 1. The predicted molar refractivity (Wildman–Crippen MR) is 85.7 cm³/mol. The molecule has 1 unspecified atom stereocenters. The summed E-state index contributed by atoms with van der Waals surface area (Å²) >= 11 is 1.70. The summed E-state index contributed by atoms with van der Waals surface area (Å²) in [5.74, 6) is 1.17. The van der Waals surface area contributed by atoms with E-state index in [1.165, 1.54) is 37.2 Å². The summed E-state index contributed by atoms with van der Waals surface area (Å²) in [7, 11) is 0. The number of rotatable bonds is 5. The molecular formula is C15H24N4S. The van der Waals surface area contributed by atoms with Gasteiger partial charge in [0.25, 0.3) is 0 Å². The van der Waals surface area contributed by atoms with E-state index >= 15 is 0 Å². The molecule has 2 aromatic heterocycles. The van der Waals surface area contributed by atoms with Crippen LogP contribution in [0, 0.1) is 0 Å². The summed E-state index contributed by atoms with van der Waals surface area (Å²) in [4.78, 5) is 8.49. The van der Waals surface area contributed by atoms with E-state index in [1.54, 1.807) is 11.3 Å². The molecule has 20 heavy (non-hydrogen) atoms. The topological polar surface area (TPSA) is 46.6 Å². The highest BCUT2D eigenvalue weighted by Gasteiger charge is 2.26. The molecular weight excluding hydrogens is 268 g/mol. The lowest BCUT2D eigenvalue weighted by Crippen LogP contribution is -2.34. The summed E-state index contributed by atoms with van der Waals surface area (Å²) in [5, 5.41) is 2.10. The zero-order valence-corrected chi connectivity index (χ0v) is 13.2. The number of imidazole rings is 1. The largest absolute Gasteiger partial charge is 0.352 e. The summed E-state index contributed by atoms with van der Waals surface area (Å²) in [6.45, 7) is 5.34. The van der Waals surface area contributed by atoms with Gasteiger partial charge in [0, 0.05) is 36.6 Å². The van der Waals surface area contributed by atoms with Gasteiger partial charge in [-0.2, -0.15) is 0 Å². The van der Waals surface area contributed by atoms with Crippen molar-refractivity contribution in [1.29, 1.82) is 0 Å². The van der Waals surface area contributed by atoms with E-state index in [2.05, 4.69) is 34.7 Å². The average Bonchev–Trinajstić information content (AvgIpc) is 3.10. The quantitative estimate of drug-likeness (QED) is 0.921. The molecule has 1 saturated carbocycles. The van der Waals surface area contributed by atoms with Crippen LogP contribution in [-0.4, -0.2) is 28.0 Å². The van der Waals surface area contributed by atoms with Crippen molar-refractivity contribution in [3.8, 4) is 0 Å². The molecule has 3 rings (SSSR count). The fourth-order valence-electron chi connectivity index (χ4n) is 3.34. The minimum Gasteiger partial charge on any atom is -0.352 e. The van der Waals surface area contributed by atoms with Gasteiger partial charge in [-0.25, -0.2) is 4.98 Å². The van der Waals surface area contributed by atoms with Gasteiger partial charge in [0.15, 0.2) is 10.8 Å². The van der Waals surface area contributed by atoms with Crippen molar-refractivity contribution in [3.63, 3.8) is 0 Å². The Balaban J connectivity index is 2.01. The monoisotopic (exact) mass is 292 g/mol. The van der Waals surface area contributed by atoms with Crippen molar-refractivity contribution in [1.82, 2.24) is 9.38 Å². The lowest BCUT2D eigenvalue weighted by molar-refractivity contribution is 0.607. The Hall–Kier alpha value is -1.07. The summed E-state index contributed by atoms with van der Waals surface area (Å²) in [5.41, 5.74) is 7.33. The molecule has 5 heteroatoms. The van der Waals surface area contributed by atoms with Crippen molar-refractivity contribution in [3.05, 3.63) is 17.3 Å². The first-order valence-electron chi connectivity index (χ1n) is 7.67. The molecule has 0 saturated heterocycles. The molecule has 0 bridgehead atoms. The van der Waals surface area contributed by atoms with E-state index in [1.807, 2.05) is 0 Å². The number of aromatic nitrogens is 2. The lowest BCUT2D eigenvalue weighted by atomic mass is 10.1. The molecule has 4 nitrogen and oxygen atoms in total. The van der Waals surface area contributed by atoms with Gasteiger partial charge in [-0.3, -0.25) is 4.40 Å². The van der Waals surface area contributed by atoms with Crippen LogP contribution in [0.2, 0.25) is 0 Å². The van der Waals surface area contributed by atoms with Gasteiger partial charge < -0.3 is 10.6 Å². The first kappa shape index (κ1) is 13.9. The summed E-state index contributed by atoms with van der Waals surface area (Å²) in [6, 6.07) is 0.826. The van der Waals surface area contributed by atoms with Crippen LogP contribution in [0.25, 0.3) is 4.96 Å². The van der Waals surface area contributed by atoms with Gasteiger partial charge in [0.2, 0.25) is 0 Å². The van der Waals surface area contributed by atoms with E-state index in [0.29, 0.717) is 6.04 Å². The second-order valence-corrected chi connectivity index (χ2v) is 6.72. The van der Waals surface area contributed by atoms with Crippen LogP contribution in [0.3, 0.4) is 0 Å². The molecule has 1 fully saturated rings. The minimum atomic E-state index is 0.163. The maximum Gasteiger partial charge on any atom is 0.195 e. The molecule has 0 radical (unpaired) electrons. The van der Waals surface area contributed by atoms with E-state index < -0.39 is 0 Å². The normalized spacial score (nSPS) is 17.9. The van der Waals surface area contributed by atoms with Crippen molar-refractivity contribution in [2.24, 2.45) is 5.73 Å². The van der Waals surface area contributed by atoms with Gasteiger partial charge >= 0.3 is 0 Å². The fourth-order valence-corrected chi connectivity index (χ4v) is 4.07. The molecule has 1 atom stereocenters. The van der Waals surface area contributed by atoms with E-state index in [-0.39, 0.29) is 6.04 Å².